The first kappa shape index (κ1) is 17.0. The molecule has 1 aromatic rings. The van der Waals surface area contributed by atoms with Crippen molar-refractivity contribution in [1.29, 1.82) is 0 Å². The molecule has 0 bridgehead atoms. The van der Waals surface area contributed by atoms with Gasteiger partial charge in [-0.1, -0.05) is 0 Å². The molecule has 3 rings (SSSR count). The van der Waals surface area contributed by atoms with E-state index in [-0.39, 0.29) is 18.7 Å². The van der Waals surface area contributed by atoms with Gasteiger partial charge in [-0.05, 0) is 24.6 Å². The van der Waals surface area contributed by atoms with E-state index in [9.17, 15) is 29.6 Å². The van der Waals surface area contributed by atoms with E-state index in [1.165, 1.54) is 36.1 Å². The van der Waals surface area contributed by atoms with Crippen molar-refractivity contribution >= 4 is 23.3 Å². The zero-order valence-electron chi connectivity index (χ0n) is 13.3. The molecule has 0 aromatic heterocycles. The third-order valence-electron chi connectivity index (χ3n) is 4.58. The van der Waals surface area contributed by atoms with Crippen molar-refractivity contribution in [2.24, 2.45) is 5.92 Å². The van der Waals surface area contributed by atoms with Gasteiger partial charge in [0.05, 0.1) is 23.0 Å². The zero-order chi connectivity index (χ0) is 18.3. The Morgan fingerprint density at radius 1 is 1.40 bits per heavy atom. The number of rotatable bonds is 5. The number of β-lactam (4-membered cyclic amide) rings is 1. The van der Waals surface area contributed by atoms with E-state index in [4.69, 9.17) is 4.74 Å². The van der Waals surface area contributed by atoms with Crippen LogP contribution in [0.5, 0.6) is 0 Å². The smallest absolute Gasteiger partial charge is 0.337 e. The number of benzene rings is 1. The SMILES string of the molecule is C[C@@H](O)[C@@H]1C(=O)N2[C@@H](C(=O)OCc3ccc([N+](=O)[O-])cc3)C(=O)C[C@@H]12. The third kappa shape index (κ3) is 2.86. The topological polar surface area (TPSA) is 127 Å². The fraction of sp³-hybridized carbons (Fsp3) is 0.438. The molecule has 4 atom stereocenters. The second-order valence-corrected chi connectivity index (χ2v) is 6.18. The van der Waals surface area contributed by atoms with Gasteiger partial charge in [0.2, 0.25) is 5.91 Å². The molecule has 2 fully saturated rings. The van der Waals surface area contributed by atoms with Gasteiger partial charge in [0.15, 0.2) is 11.8 Å². The number of carbonyl (C=O) groups is 3. The zero-order valence-corrected chi connectivity index (χ0v) is 13.3. The second kappa shape index (κ2) is 6.25. The normalized spacial score (nSPS) is 26.0. The molecule has 9 nitrogen and oxygen atoms in total. The number of nitro groups is 1. The summed E-state index contributed by atoms with van der Waals surface area (Å²) in [5.41, 5.74) is 0.442. The van der Waals surface area contributed by atoms with Crippen LogP contribution in [0.4, 0.5) is 5.69 Å². The molecule has 1 amide bonds. The Kier molecular flexibility index (Phi) is 4.25. The Bertz CT molecular complexity index is 743. The van der Waals surface area contributed by atoms with Crippen LogP contribution in [0.3, 0.4) is 0 Å². The lowest BCUT2D eigenvalue weighted by molar-refractivity contribution is -0.384. The largest absolute Gasteiger partial charge is 0.459 e. The van der Waals surface area contributed by atoms with Gasteiger partial charge in [0.25, 0.3) is 5.69 Å². The summed E-state index contributed by atoms with van der Waals surface area (Å²) < 4.78 is 5.09. The molecule has 0 aliphatic carbocycles. The molecule has 2 saturated heterocycles. The Morgan fingerprint density at radius 3 is 2.60 bits per heavy atom. The van der Waals surface area contributed by atoms with E-state index in [2.05, 4.69) is 0 Å². The molecule has 0 radical (unpaired) electrons. The Morgan fingerprint density at radius 2 is 2.04 bits per heavy atom. The van der Waals surface area contributed by atoms with E-state index < -0.39 is 46.7 Å². The van der Waals surface area contributed by atoms with Crippen LogP contribution in [0, 0.1) is 16.0 Å². The van der Waals surface area contributed by atoms with Crippen molar-refractivity contribution in [3.8, 4) is 0 Å². The lowest BCUT2D eigenvalue weighted by atomic mass is 9.84. The van der Waals surface area contributed by atoms with Crippen LogP contribution in [0.25, 0.3) is 0 Å². The number of fused-ring (bicyclic) bond motifs is 1. The first-order valence-corrected chi connectivity index (χ1v) is 7.74. The van der Waals surface area contributed by atoms with Crippen LogP contribution in [-0.2, 0) is 25.7 Å². The number of ketones is 1. The Balaban J connectivity index is 1.63. The number of esters is 1. The molecule has 1 N–H and O–H groups in total. The highest BCUT2D eigenvalue weighted by Gasteiger charge is 2.61. The minimum Gasteiger partial charge on any atom is -0.459 e. The highest BCUT2D eigenvalue weighted by atomic mass is 16.6. The summed E-state index contributed by atoms with van der Waals surface area (Å²) in [5, 5.41) is 20.2. The average Bonchev–Trinajstić information content (AvgIpc) is 2.85. The van der Waals surface area contributed by atoms with E-state index in [0.29, 0.717) is 5.56 Å². The Labute approximate surface area is 142 Å². The van der Waals surface area contributed by atoms with Gasteiger partial charge >= 0.3 is 5.97 Å². The lowest BCUT2D eigenvalue weighted by Crippen LogP contribution is -2.64. The van der Waals surface area contributed by atoms with Crippen molar-refractivity contribution < 1.29 is 29.2 Å². The van der Waals surface area contributed by atoms with Crippen molar-refractivity contribution in [2.75, 3.05) is 0 Å². The van der Waals surface area contributed by atoms with Crippen LogP contribution in [0.2, 0.25) is 0 Å². The monoisotopic (exact) mass is 348 g/mol. The number of aliphatic hydroxyl groups excluding tert-OH is 1. The maximum atomic E-state index is 12.2. The van der Waals surface area contributed by atoms with Crippen molar-refractivity contribution in [3.63, 3.8) is 0 Å². The maximum Gasteiger partial charge on any atom is 0.337 e. The van der Waals surface area contributed by atoms with Crippen LogP contribution < -0.4 is 0 Å². The number of hydrogen-bond donors (Lipinski definition) is 1. The second-order valence-electron chi connectivity index (χ2n) is 6.18. The van der Waals surface area contributed by atoms with E-state index in [0.717, 1.165) is 0 Å². The summed E-state index contributed by atoms with van der Waals surface area (Å²) in [6.45, 7) is 1.32. The standard InChI is InChI=1S/C16H16N2O7/c1-8(19)13-11-6-12(20)14(17(11)15(13)21)16(22)25-7-9-2-4-10(5-3-9)18(23)24/h2-5,8,11,13-14,19H,6-7H2,1H3/t8-,11+,13+,14-/m1/s1. The number of ether oxygens (including phenoxy) is 1. The molecular formula is C16H16N2O7. The molecule has 2 heterocycles. The number of amides is 1. The fourth-order valence-corrected chi connectivity index (χ4v) is 3.33. The highest BCUT2D eigenvalue weighted by Crippen LogP contribution is 2.40. The van der Waals surface area contributed by atoms with Crippen molar-refractivity contribution in [1.82, 2.24) is 4.90 Å². The summed E-state index contributed by atoms with van der Waals surface area (Å²) in [4.78, 5) is 47.6. The van der Waals surface area contributed by atoms with E-state index >= 15 is 0 Å². The molecule has 1 aromatic carbocycles. The summed E-state index contributed by atoms with van der Waals surface area (Å²) >= 11 is 0. The number of hydrogen-bond acceptors (Lipinski definition) is 7. The molecule has 0 spiro atoms. The highest BCUT2D eigenvalue weighted by molar-refractivity contribution is 6.11. The number of non-ortho nitro benzene ring substituents is 1. The molecule has 132 valence electrons. The van der Waals surface area contributed by atoms with Crippen LogP contribution in [-0.4, -0.2) is 50.8 Å². The summed E-state index contributed by atoms with van der Waals surface area (Å²) in [7, 11) is 0. The number of carbonyl (C=O) groups excluding carboxylic acids is 3. The Hall–Kier alpha value is -2.81. The lowest BCUT2D eigenvalue weighted by Gasteiger charge is -2.45. The minimum atomic E-state index is -1.27. The van der Waals surface area contributed by atoms with E-state index in [1.54, 1.807) is 0 Å². The summed E-state index contributed by atoms with van der Waals surface area (Å²) in [6, 6.07) is 3.73. The van der Waals surface area contributed by atoms with E-state index in [1.807, 2.05) is 0 Å². The van der Waals surface area contributed by atoms with Crippen molar-refractivity contribution in [3.05, 3.63) is 39.9 Å². The van der Waals surface area contributed by atoms with Gasteiger partial charge in [-0.2, -0.15) is 0 Å². The van der Waals surface area contributed by atoms with Crippen molar-refractivity contribution in [2.45, 2.75) is 38.1 Å². The fourth-order valence-electron chi connectivity index (χ4n) is 3.33. The number of nitro benzene ring substituents is 1. The maximum absolute atomic E-state index is 12.2. The first-order chi connectivity index (χ1) is 11.8. The van der Waals surface area contributed by atoms with Gasteiger partial charge in [-0.25, -0.2) is 4.79 Å². The average molecular weight is 348 g/mol. The van der Waals surface area contributed by atoms with Gasteiger partial charge in [-0.15, -0.1) is 0 Å². The molecular weight excluding hydrogens is 332 g/mol. The summed E-state index contributed by atoms with van der Waals surface area (Å²) in [6.07, 6.45) is -0.852. The van der Waals surface area contributed by atoms with Gasteiger partial charge < -0.3 is 14.7 Å². The number of aliphatic hydroxyl groups is 1. The quantitative estimate of drug-likeness (QED) is 0.264. The molecule has 2 aliphatic rings. The molecule has 0 unspecified atom stereocenters. The predicted molar refractivity (Wildman–Crippen MR) is 82.1 cm³/mol. The minimum absolute atomic E-state index is 0.0264. The predicted octanol–water partition coefficient (Wildman–Crippen LogP) is 0.187. The molecule has 0 saturated carbocycles. The summed E-state index contributed by atoms with van der Waals surface area (Å²) in [5.74, 6) is -2.32. The van der Waals surface area contributed by atoms with Crippen LogP contribution in [0.1, 0.15) is 18.9 Å². The van der Waals surface area contributed by atoms with Gasteiger partial charge in [0, 0.05) is 18.6 Å². The number of nitrogens with zero attached hydrogens (tertiary/aromatic N) is 2. The number of Topliss-reactive ketones (excluding diaryl/α,β-unsaturated/α-hetero) is 1. The van der Waals surface area contributed by atoms with Crippen LogP contribution in [0.15, 0.2) is 24.3 Å². The molecule has 2 aliphatic heterocycles. The van der Waals surface area contributed by atoms with Gasteiger partial charge in [-0.3, -0.25) is 19.7 Å². The third-order valence-corrected chi connectivity index (χ3v) is 4.58. The van der Waals surface area contributed by atoms with Gasteiger partial charge in [0.1, 0.15) is 6.61 Å². The molecule has 25 heavy (non-hydrogen) atoms. The first-order valence-electron chi connectivity index (χ1n) is 7.74. The molecule has 9 heteroatoms. The van der Waals surface area contributed by atoms with Crippen LogP contribution >= 0.6 is 0 Å².